The maximum Gasteiger partial charge on any atom is 0.251 e. The Hall–Kier alpha value is -2.08. The molecular formula is C18H28N4O2. The van der Waals surface area contributed by atoms with Gasteiger partial charge in [-0.3, -0.25) is 9.79 Å². The third-order valence-corrected chi connectivity index (χ3v) is 3.79. The van der Waals surface area contributed by atoms with Crippen molar-refractivity contribution in [3.63, 3.8) is 0 Å². The van der Waals surface area contributed by atoms with Gasteiger partial charge in [0.2, 0.25) is 0 Å². The van der Waals surface area contributed by atoms with Gasteiger partial charge in [0.1, 0.15) is 0 Å². The van der Waals surface area contributed by atoms with Crippen LogP contribution in [0.2, 0.25) is 0 Å². The maximum absolute atomic E-state index is 11.9. The number of benzene rings is 1. The van der Waals surface area contributed by atoms with Crippen molar-refractivity contribution in [2.45, 2.75) is 32.3 Å². The molecule has 1 saturated heterocycles. The molecule has 6 nitrogen and oxygen atoms in total. The van der Waals surface area contributed by atoms with E-state index in [-0.39, 0.29) is 12.0 Å². The molecular weight excluding hydrogens is 304 g/mol. The van der Waals surface area contributed by atoms with E-state index in [1.54, 1.807) is 0 Å². The van der Waals surface area contributed by atoms with E-state index < -0.39 is 0 Å². The van der Waals surface area contributed by atoms with E-state index in [1.807, 2.05) is 37.3 Å². The number of aliphatic imine (C=N–C) groups is 1. The molecule has 0 radical (unpaired) electrons. The molecule has 1 aromatic carbocycles. The number of hydrogen-bond acceptors (Lipinski definition) is 3. The first-order valence-electron chi connectivity index (χ1n) is 8.76. The summed E-state index contributed by atoms with van der Waals surface area (Å²) in [5.74, 6) is 0.775. The van der Waals surface area contributed by atoms with Crippen LogP contribution in [0.5, 0.6) is 0 Å². The van der Waals surface area contributed by atoms with Crippen LogP contribution in [0.1, 0.15) is 36.5 Å². The molecule has 0 bridgehead atoms. The zero-order valence-corrected chi connectivity index (χ0v) is 14.4. The van der Waals surface area contributed by atoms with E-state index in [2.05, 4.69) is 20.9 Å². The minimum Gasteiger partial charge on any atom is -0.376 e. The molecule has 1 aromatic rings. The van der Waals surface area contributed by atoms with Gasteiger partial charge in [-0.2, -0.15) is 0 Å². The van der Waals surface area contributed by atoms with E-state index in [0.29, 0.717) is 18.7 Å². The van der Waals surface area contributed by atoms with Crippen LogP contribution in [0.3, 0.4) is 0 Å². The van der Waals surface area contributed by atoms with E-state index in [9.17, 15) is 4.79 Å². The van der Waals surface area contributed by atoms with Gasteiger partial charge in [0, 0.05) is 31.8 Å². The predicted octanol–water partition coefficient (Wildman–Crippen LogP) is 1.54. The molecule has 1 aliphatic rings. The molecule has 2 rings (SSSR count). The van der Waals surface area contributed by atoms with Crippen LogP contribution in [0, 0.1) is 0 Å². The number of carbonyl (C=O) groups excluding carboxylic acids is 1. The highest BCUT2D eigenvalue weighted by Gasteiger charge is 2.14. The van der Waals surface area contributed by atoms with Gasteiger partial charge in [0.25, 0.3) is 5.91 Å². The quantitative estimate of drug-likeness (QED) is 0.383. The lowest BCUT2D eigenvalue weighted by molar-refractivity contribution is 0.0953. The molecule has 132 valence electrons. The Kier molecular flexibility index (Phi) is 8.10. The molecule has 24 heavy (non-hydrogen) atoms. The van der Waals surface area contributed by atoms with Gasteiger partial charge < -0.3 is 20.7 Å². The molecule has 1 atom stereocenters. The van der Waals surface area contributed by atoms with Crippen molar-refractivity contribution in [2.24, 2.45) is 4.99 Å². The van der Waals surface area contributed by atoms with Crippen molar-refractivity contribution in [2.75, 3.05) is 32.8 Å². The minimum atomic E-state index is -0.0328. The summed E-state index contributed by atoms with van der Waals surface area (Å²) >= 11 is 0. The third kappa shape index (κ3) is 6.58. The highest BCUT2D eigenvalue weighted by Crippen LogP contribution is 2.11. The summed E-state index contributed by atoms with van der Waals surface area (Å²) in [6, 6.07) is 9.26. The first kappa shape index (κ1) is 18.3. The van der Waals surface area contributed by atoms with Crippen LogP contribution >= 0.6 is 0 Å². The molecule has 0 aromatic heterocycles. The summed E-state index contributed by atoms with van der Waals surface area (Å²) in [6.45, 7) is 5.80. The van der Waals surface area contributed by atoms with E-state index in [1.165, 1.54) is 0 Å². The zero-order chi connectivity index (χ0) is 17.0. The van der Waals surface area contributed by atoms with Crippen molar-refractivity contribution >= 4 is 11.9 Å². The van der Waals surface area contributed by atoms with Crippen molar-refractivity contribution in [3.8, 4) is 0 Å². The number of nitrogens with one attached hydrogen (secondary N) is 3. The highest BCUT2D eigenvalue weighted by atomic mass is 16.5. The fourth-order valence-electron chi connectivity index (χ4n) is 2.51. The normalized spacial score (nSPS) is 17.5. The number of hydrogen-bond donors (Lipinski definition) is 3. The smallest absolute Gasteiger partial charge is 0.251 e. The Morgan fingerprint density at radius 3 is 2.71 bits per heavy atom. The van der Waals surface area contributed by atoms with E-state index >= 15 is 0 Å². The van der Waals surface area contributed by atoms with E-state index in [0.717, 1.165) is 44.9 Å². The van der Waals surface area contributed by atoms with Crippen LogP contribution in [-0.4, -0.2) is 50.8 Å². The van der Waals surface area contributed by atoms with Crippen LogP contribution in [-0.2, 0) is 4.74 Å². The Balaban J connectivity index is 1.63. The molecule has 6 heteroatoms. The van der Waals surface area contributed by atoms with Crippen LogP contribution < -0.4 is 16.0 Å². The van der Waals surface area contributed by atoms with Gasteiger partial charge >= 0.3 is 0 Å². The molecule has 1 heterocycles. The van der Waals surface area contributed by atoms with Gasteiger partial charge in [-0.1, -0.05) is 18.2 Å². The highest BCUT2D eigenvalue weighted by molar-refractivity contribution is 5.94. The Morgan fingerprint density at radius 1 is 1.21 bits per heavy atom. The number of guanidine groups is 1. The zero-order valence-electron chi connectivity index (χ0n) is 14.4. The second-order valence-electron chi connectivity index (χ2n) is 5.76. The summed E-state index contributed by atoms with van der Waals surface area (Å²) in [5, 5.41) is 9.44. The summed E-state index contributed by atoms with van der Waals surface area (Å²) < 4.78 is 5.58. The first-order chi connectivity index (χ1) is 11.8. The maximum atomic E-state index is 11.9. The average molecular weight is 332 g/mol. The summed E-state index contributed by atoms with van der Waals surface area (Å²) in [5.41, 5.74) is 0.692. The van der Waals surface area contributed by atoms with Gasteiger partial charge in [0.05, 0.1) is 12.6 Å². The predicted molar refractivity (Wildman–Crippen MR) is 96.3 cm³/mol. The topological polar surface area (TPSA) is 74.8 Å². The van der Waals surface area contributed by atoms with Gasteiger partial charge in [-0.05, 0) is 38.3 Å². The number of carbonyl (C=O) groups is 1. The third-order valence-electron chi connectivity index (χ3n) is 3.79. The Labute approximate surface area is 144 Å². The fourth-order valence-corrected chi connectivity index (χ4v) is 2.51. The van der Waals surface area contributed by atoms with Crippen LogP contribution in [0.15, 0.2) is 35.3 Å². The van der Waals surface area contributed by atoms with Crippen molar-refractivity contribution in [1.29, 1.82) is 0 Å². The SMILES string of the molecule is CCNC(=NCC1CCCO1)NCCCNC(=O)c1ccccc1. The molecule has 0 saturated carbocycles. The second kappa shape index (κ2) is 10.6. The Morgan fingerprint density at radius 2 is 2.00 bits per heavy atom. The van der Waals surface area contributed by atoms with Gasteiger partial charge in [0.15, 0.2) is 5.96 Å². The number of rotatable bonds is 8. The summed E-state index contributed by atoms with van der Waals surface area (Å²) in [4.78, 5) is 16.5. The largest absolute Gasteiger partial charge is 0.376 e. The standard InChI is InChI=1S/C18H28N4O2/c1-2-19-18(22-14-16-10-6-13-24-16)21-12-7-11-20-17(23)15-8-4-3-5-9-15/h3-5,8-9,16H,2,6-7,10-14H2,1H3,(H,20,23)(H2,19,21,22). The second-order valence-corrected chi connectivity index (χ2v) is 5.76. The summed E-state index contributed by atoms with van der Waals surface area (Å²) in [7, 11) is 0. The number of nitrogens with zero attached hydrogens (tertiary/aromatic N) is 1. The van der Waals surface area contributed by atoms with Crippen molar-refractivity contribution < 1.29 is 9.53 Å². The fraction of sp³-hybridized carbons (Fsp3) is 0.556. The summed E-state index contributed by atoms with van der Waals surface area (Å²) in [6.07, 6.45) is 3.31. The molecule has 3 N–H and O–H groups in total. The lowest BCUT2D eigenvalue weighted by atomic mass is 10.2. The van der Waals surface area contributed by atoms with Crippen LogP contribution in [0.4, 0.5) is 0 Å². The molecule has 1 amide bonds. The van der Waals surface area contributed by atoms with Gasteiger partial charge in [-0.15, -0.1) is 0 Å². The van der Waals surface area contributed by atoms with Crippen molar-refractivity contribution in [3.05, 3.63) is 35.9 Å². The minimum absolute atomic E-state index is 0.0328. The number of ether oxygens (including phenoxy) is 1. The molecule has 0 spiro atoms. The molecule has 1 fully saturated rings. The molecule has 1 unspecified atom stereocenters. The van der Waals surface area contributed by atoms with Gasteiger partial charge in [-0.25, -0.2) is 0 Å². The molecule has 0 aliphatic carbocycles. The van der Waals surface area contributed by atoms with E-state index in [4.69, 9.17) is 4.74 Å². The lowest BCUT2D eigenvalue weighted by Crippen LogP contribution is -2.39. The van der Waals surface area contributed by atoms with Crippen molar-refractivity contribution in [1.82, 2.24) is 16.0 Å². The lowest BCUT2D eigenvalue weighted by Gasteiger charge is -2.13. The molecule has 1 aliphatic heterocycles. The monoisotopic (exact) mass is 332 g/mol. The average Bonchev–Trinajstić information content (AvgIpc) is 3.13. The number of amides is 1. The first-order valence-corrected chi connectivity index (χ1v) is 8.76. The Bertz CT molecular complexity index is 513. The van der Waals surface area contributed by atoms with Crippen LogP contribution in [0.25, 0.3) is 0 Å².